The third-order valence-corrected chi connectivity index (χ3v) is 0.624. The summed E-state index contributed by atoms with van der Waals surface area (Å²) in [6, 6.07) is 0. The highest BCUT2D eigenvalue weighted by Gasteiger charge is 1.91. The van der Waals surface area contributed by atoms with E-state index in [9.17, 15) is 9.59 Å². The van der Waals surface area contributed by atoms with Crippen LogP contribution in [0.15, 0.2) is 12.0 Å². The molecule has 0 bridgehead atoms. The van der Waals surface area contributed by atoms with Crippen molar-refractivity contribution in [1.82, 2.24) is 5.32 Å². The van der Waals surface area contributed by atoms with E-state index in [2.05, 4.69) is 5.32 Å². The van der Waals surface area contributed by atoms with Crippen LogP contribution in [0.3, 0.4) is 0 Å². The molecule has 0 aromatic rings. The molecule has 0 rings (SSSR count). The van der Waals surface area contributed by atoms with E-state index in [4.69, 9.17) is 10.2 Å². The average molecular weight is 145 g/mol. The molecule has 0 atom stereocenters. The summed E-state index contributed by atoms with van der Waals surface area (Å²) >= 11 is 0. The van der Waals surface area contributed by atoms with Crippen LogP contribution in [0, 0.1) is 0 Å². The summed E-state index contributed by atoms with van der Waals surface area (Å²) in [7, 11) is 0. The molecule has 10 heavy (non-hydrogen) atoms. The van der Waals surface area contributed by atoms with Crippen LogP contribution >= 0.6 is 0 Å². The number of aliphatic carboxylic acids is 1. The van der Waals surface area contributed by atoms with Crippen molar-refractivity contribution < 1.29 is 19.8 Å². The quantitative estimate of drug-likeness (QED) is 0.275. The van der Waals surface area contributed by atoms with Crippen LogP contribution in [0.5, 0.6) is 0 Å². The first-order chi connectivity index (χ1) is 4.66. The fraction of sp³-hybridized carbons (Fsp3) is 0.200. The lowest BCUT2D eigenvalue weighted by molar-refractivity contribution is -0.135. The van der Waals surface area contributed by atoms with E-state index < -0.39 is 11.7 Å². The minimum atomic E-state index is -1.06. The molecule has 0 aliphatic carbocycles. The summed E-state index contributed by atoms with van der Waals surface area (Å²) in [5, 5.41) is 18.6. The topological polar surface area (TPSA) is 86.6 Å². The van der Waals surface area contributed by atoms with Crippen LogP contribution in [0.2, 0.25) is 0 Å². The van der Waals surface area contributed by atoms with Crippen LogP contribution in [-0.4, -0.2) is 29.0 Å². The zero-order valence-electron chi connectivity index (χ0n) is 5.07. The van der Waals surface area contributed by atoms with E-state index in [-0.39, 0.29) is 12.8 Å². The summed E-state index contributed by atoms with van der Waals surface area (Å²) in [6.45, 7) is -0.322. The van der Waals surface area contributed by atoms with Gasteiger partial charge in [0.15, 0.2) is 12.0 Å². The SMILES string of the molecule is O=CC(O)=CNCC(=O)O. The van der Waals surface area contributed by atoms with Gasteiger partial charge in [-0.1, -0.05) is 0 Å². The molecule has 5 nitrogen and oxygen atoms in total. The van der Waals surface area contributed by atoms with Crippen LogP contribution in [0.25, 0.3) is 0 Å². The number of hydrogen-bond acceptors (Lipinski definition) is 4. The van der Waals surface area contributed by atoms with Gasteiger partial charge >= 0.3 is 5.97 Å². The molecule has 0 aromatic heterocycles. The lowest BCUT2D eigenvalue weighted by atomic mass is 10.6. The number of allylic oxidation sites excluding steroid dienone is 1. The minimum Gasteiger partial charge on any atom is -0.504 e. The standard InChI is InChI=1S/C5H7NO4/c7-3-4(8)1-6-2-5(9)10/h1,3,6,8H,2H2,(H,9,10). The molecular weight excluding hydrogens is 138 g/mol. The lowest BCUT2D eigenvalue weighted by Crippen LogP contribution is -2.17. The molecule has 0 fully saturated rings. The molecule has 0 saturated heterocycles. The van der Waals surface area contributed by atoms with Gasteiger partial charge in [-0.25, -0.2) is 0 Å². The second kappa shape index (κ2) is 4.37. The number of nitrogens with one attached hydrogen (secondary N) is 1. The Kier molecular flexibility index (Phi) is 3.70. The Hall–Kier alpha value is -1.52. The normalized spacial score (nSPS) is 10.6. The van der Waals surface area contributed by atoms with Gasteiger partial charge in [0.2, 0.25) is 0 Å². The first-order valence-corrected chi connectivity index (χ1v) is 2.46. The van der Waals surface area contributed by atoms with Crippen LogP contribution in [0.1, 0.15) is 0 Å². The lowest BCUT2D eigenvalue weighted by Gasteiger charge is -1.92. The first kappa shape index (κ1) is 8.48. The molecule has 0 amide bonds. The fourth-order valence-electron chi connectivity index (χ4n) is 0.277. The Morgan fingerprint density at radius 1 is 1.50 bits per heavy atom. The zero-order valence-corrected chi connectivity index (χ0v) is 5.07. The van der Waals surface area contributed by atoms with Crippen LogP contribution in [0.4, 0.5) is 0 Å². The van der Waals surface area contributed by atoms with Crippen molar-refractivity contribution in [2.45, 2.75) is 0 Å². The highest BCUT2D eigenvalue weighted by Crippen LogP contribution is 1.75. The van der Waals surface area contributed by atoms with Crippen molar-refractivity contribution in [2.75, 3.05) is 6.54 Å². The number of carbonyl (C=O) groups excluding carboxylic acids is 1. The van der Waals surface area contributed by atoms with Crippen molar-refractivity contribution in [1.29, 1.82) is 0 Å². The van der Waals surface area contributed by atoms with Crippen molar-refractivity contribution in [3.63, 3.8) is 0 Å². The third kappa shape index (κ3) is 4.63. The number of rotatable bonds is 4. The van der Waals surface area contributed by atoms with Gasteiger partial charge in [-0.15, -0.1) is 0 Å². The van der Waals surface area contributed by atoms with Gasteiger partial charge in [-0.2, -0.15) is 0 Å². The summed E-state index contributed by atoms with van der Waals surface area (Å²) in [6.07, 6.45) is 1.12. The first-order valence-electron chi connectivity index (χ1n) is 2.46. The van der Waals surface area contributed by atoms with Crippen molar-refractivity contribution in [3.05, 3.63) is 12.0 Å². The van der Waals surface area contributed by atoms with Gasteiger partial charge in [0.25, 0.3) is 0 Å². The summed E-state index contributed by atoms with van der Waals surface area (Å²) < 4.78 is 0. The molecular formula is C5H7NO4. The summed E-state index contributed by atoms with van der Waals surface area (Å²) in [4.78, 5) is 19.5. The maximum Gasteiger partial charge on any atom is 0.322 e. The Morgan fingerprint density at radius 3 is 2.50 bits per heavy atom. The van der Waals surface area contributed by atoms with Crippen molar-refractivity contribution in [3.8, 4) is 0 Å². The van der Waals surface area contributed by atoms with Gasteiger partial charge in [0.05, 0.1) is 0 Å². The third-order valence-electron chi connectivity index (χ3n) is 0.624. The van der Waals surface area contributed by atoms with Crippen LogP contribution < -0.4 is 5.32 Å². The number of aliphatic hydroxyl groups is 1. The van der Waals surface area contributed by atoms with E-state index in [1.165, 1.54) is 0 Å². The summed E-state index contributed by atoms with van der Waals surface area (Å²) in [5.41, 5.74) is 0. The van der Waals surface area contributed by atoms with E-state index in [0.717, 1.165) is 6.20 Å². The highest BCUT2D eigenvalue weighted by molar-refractivity contribution is 5.71. The molecule has 0 aliphatic heterocycles. The number of carboxylic acids is 1. The molecule has 0 aromatic carbocycles. The van der Waals surface area contributed by atoms with Gasteiger partial charge in [0.1, 0.15) is 6.54 Å². The largest absolute Gasteiger partial charge is 0.504 e. The molecule has 0 spiro atoms. The zero-order chi connectivity index (χ0) is 7.98. The Balaban J connectivity index is 3.52. The Labute approximate surface area is 57.0 Å². The van der Waals surface area contributed by atoms with Crippen LogP contribution in [-0.2, 0) is 9.59 Å². The molecule has 56 valence electrons. The highest BCUT2D eigenvalue weighted by atomic mass is 16.4. The smallest absolute Gasteiger partial charge is 0.322 e. The van der Waals surface area contributed by atoms with E-state index in [0.29, 0.717) is 0 Å². The van der Waals surface area contributed by atoms with Gasteiger partial charge in [-0.05, 0) is 0 Å². The monoisotopic (exact) mass is 145 g/mol. The molecule has 0 aliphatic rings. The number of aldehydes is 1. The molecule has 0 saturated carbocycles. The predicted molar refractivity (Wildman–Crippen MR) is 32.4 cm³/mol. The molecule has 5 heteroatoms. The van der Waals surface area contributed by atoms with Gasteiger partial charge < -0.3 is 15.5 Å². The second-order valence-corrected chi connectivity index (χ2v) is 1.46. The number of aliphatic hydroxyl groups excluding tert-OH is 1. The molecule has 0 radical (unpaired) electrons. The number of carbonyl (C=O) groups is 2. The van der Waals surface area contributed by atoms with Crippen molar-refractivity contribution >= 4 is 12.3 Å². The van der Waals surface area contributed by atoms with Gasteiger partial charge in [0, 0.05) is 6.20 Å². The fourth-order valence-corrected chi connectivity index (χ4v) is 0.277. The maximum absolute atomic E-state index is 9.81. The van der Waals surface area contributed by atoms with E-state index in [1.807, 2.05) is 0 Å². The molecule has 0 heterocycles. The minimum absolute atomic E-state index is 0.203. The number of carboxylic acid groups (broad SMARTS) is 1. The summed E-state index contributed by atoms with van der Waals surface area (Å²) in [5.74, 6) is -1.59. The number of hydrogen-bond donors (Lipinski definition) is 3. The second-order valence-electron chi connectivity index (χ2n) is 1.46. The average Bonchev–Trinajstić information content (AvgIpc) is 1.87. The predicted octanol–water partition coefficient (Wildman–Crippen LogP) is -0.741. The molecule has 0 unspecified atom stereocenters. The van der Waals surface area contributed by atoms with E-state index in [1.54, 1.807) is 0 Å². The van der Waals surface area contributed by atoms with Crippen molar-refractivity contribution in [2.24, 2.45) is 0 Å². The Bertz CT molecular complexity index is 163. The maximum atomic E-state index is 9.81. The van der Waals surface area contributed by atoms with Gasteiger partial charge in [-0.3, -0.25) is 9.59 Å². The van der Waals surface area contributed by atoms with E-state index >= 15 is 0 Å². The molecule has 3 N–H and O–H groups in total. The Morgan fingerprint density at radius 2 is 2.10 bits per heavy atom.